The molecule has 0 aliphatic heterocycles. The number of rotatable bonds is 5. The Morgan fingerprint density at radius 3 is 2.42 bits per heavy atom. The van der Waals surface area contributed by atoms with Gasteiger partial charge in [-0.15, -0.1) is 0 Å². The van der Waals surface area contributed by atoms with E-state index >= 15 is 0 Å². The van der Waals surface area contributed by atoms with E-state index in [2.05, 4.69) is 10.5 Å². The number of hydrogen-bond acceptors (Lipinski definition) is 5. The van der Waals surface area contributed by atoms with Gasteiger partial charge in [-0.25, -0.2) is 0 Å². The van der Waals surface area contributed by atoms with Gasteiger partial charge in [0.15, 0.2) is 0 Å². The van der Waals surface area contributed by atoms with Crippen LogP contribution in [-0.2, 0) is 0 Å². The Labute approximate surface area is 186 Å². The molecule has 4 aromatic rings. The number of halogens is 2. The fourth-order valence-corrected chi connectivity index (χ4v) is 3.61. The average molecular weight is 453 g/mol. The van der Waals surface area contributed by atoms with Gasteiger partial charge >= 0.3 is 0 Å². The SMILES string of the molecule is O=C(c1ccc(Cl)cc1)n1c(Cl)c(C=NNc2ccccc2[N+](=O)[O-])c2ccccc21. The maximum Gasteiger partial charge on any atom is 0.294 e. The third-order valence-electron chi connectivity index (χ3n) is 4.63. The fourth-order valence-electron chi connectivity index (χ4n) is 3.17. The van der Waals surface area contributed by atoms with E-state index in [0.29, 0.717) is 27.1 Å². The van der Waals surface area contributed by atoms with Crippen molar-refractivity contribution in [2.24, 2.45) is 5.10 Å². The minimum atomic E-state index is -0.499. The molecule has 4 rings (SSSR count). The van der Waals surface area contributed by atoms with Crippen LogP contribution in [-0.4, -0.2) is 21.6 Å². The number of nitrogens with one attached hydrogen (secondary N) is 1. The van der Waals surface area contributed by atoms with Crippen molar-refractivity contribution in [3.05, 3.63) is 104 Å². The van der Waals surface area contributed by atoms with E-state index in [9.17, 15) is 14.9 Å². The molecular weight excluding hydrogens is 439 g/mol. The van der Waals surface area contributed by atoms with Gasteiger partial charge in [-0.05, 0) is 36.4 Å². The number of aromatic nitrogens is 1. The van der Waals surface area contributed by atoms with Crippen LogP contribution in [0.1, 0.15) is 15.9 Å². The Balaban J connectivity index is 1.74. The molecule has 1 heterocycles. The molecule has 0 aliphatic carbocycles. The van der Waals surface area contributed by atoms with Crippen molar-refractivity contribution >= 4 is 57.6 Å². The summed E-state index contributed by atoms with van der Waals surface area (Å²) in [6.45, 7) is 0. The Hall–Kier alpha value is -3.68. The number of nitro benzene ring substituents is 1. The van der Waals surface area contributed by atoms with Gasteiger partial charge in [-0.2, -0.15) is 5.10 Å². The predicted molar refractivity (Wildman–Crippen MR) is 122 cm³/mol. The van der Waals surface area contributed by atoms with Gasteiger partial charge in [-0.1, -0.05) is 53.5 Å². The number of carbonyl (C=O) groups is 1. The number of hydrogen-bond donors (Lipinski definition) is 1. The van der Waals surface area contributed by atoms with Gasteiger partial charge in [0.2, 0.25) is 0 Å². The Morgan fingerprint density at radius 2 is 1.68 bits per heavy atom. The van der Waals surface area contributed by atoms with Crippen LogP contribution in [0.2, 0.25) is 10.2 Å². The fraction of sp³-hybridized carbons (Fsp3) is 0. The number of anilines is 1. The van der Waals surface area contributed by atoms with Gasteiger partial charge in [0.1, 0.15) is 10.8 Å². The van der Waals surface area contributed by atoms with Gasteiger partial charge in [-0.3, -0.25) is 24.9 Å². The van der Waals surface area contributed by atoms with Crippen molar-refractivity contribution < 1.29 is 9.72 Å². The highest BCUT2D eigenvalue weighted by Gasteiger charge is 2.20. The highest BCUT2D eigenvalue weighted by Crippen LogP contribution is 2.30. The van der Waals surface area contributed by atoms with Crippen LogP contribution >= 0.6 is 23.2 Å². The molecule has 0 fully saturated rings. The number of fused-ring (bicyclic) bond motifs is 1. The van der Waals surface area contributed by atoms with Crippen LogP contribution in [0, 0.1) is 10.1 Å². The second-order valence-corrected chi connectivity index (χ2v) is 7.31. The van der Waals surface area contributed by atoms with Gasteiger partial charge in [0.05, 0.1) is 16.7 Å². The van der Waals surface area contributed by atoms with E-state index in [4.69, 9.17) is 23.2 Å². The second kappa shape index (κ2) is 8.59. The molecule has 7 nitrogen and oxygen atoms in total. The zero-order chi connectivity index (χ0) is 22.0. The van der Waals surface area contributed by atoms with Crippen molar-refractivity contribution in [2.45, 2.75) is 0 Å². The lowest BCUT2D eigenvalue weighted by molar-refractivity contribution is -0.384. The molecule has 154 valence electrons. The van der Waals surface area contributed by atoms with E-state index in [0.717, 1.165) is 0 Å². The molecule has 0 radical (unpaired) electrons. The quantitative estimate of drug-likeness (QED) is 0.228. The van der Waals surface area contributed by atoms with Crippen LogP contribution < -0.4 is 5.43 Å². The summed E-state index contributed by atoms with van der Waals surface area (Å²) < 4.78 is 1.40. The van der Waals surface area contributed by atoms with Crippen molar-refractivity contribution in [3.63, 3.8) is 0 Å². The smallest absolute Gasteiger partial charge is 0.272 e. The highest BCUT2D eigenvalue weighted by molar-refractivity contribution is 6.36. The number of nitrogens with zero attached hydrogens (tertiary/aromatic N) is 3. The summed E-state index contributed by atoms with van der Waals surface area (Å²) in [4.78, 5) is 23.8. The normalized spacial score (nSPS) is 11.2. The van der Waals surface area contributed by atoms with E-state index in [1.165, 1.54) is 16.8 Å². The Morgan fingerprint density at radius 1 is 1.00 bits per heavy atom. The topological polar surface area (TPSA) is 89.5 Å². The molecule has 0 aliphatic rings. The van der Waals surface area contributed by atoms with E-state index in [1.54, 1.807) is 54.6 Å². The van der Waals surface area contributed by atoms with Gasteiger partial charge in [0.25, 0.3) is 11.6 Å². The lowest BCUT2D eigenvalue weighted by Crippen LogP contribution is -2.12. The summed E-state index contributed by atoms with van der Waals surface area (Å²) >= 11 is 12.5. The first-order valence-corrected chi connectivity index (χ1v) is 9.84. The molecule has 31 heavy (non-hydrogen) atoms. The molecule has 9 heteroatoms. The van der Waals surface area contributed by atoms with E-state index < -0.39 is 4.92 Å². The van der Waals surface area contributed by atoms with Crippen LogP contribution in [0.15, 0.2) is 77.9 Å². The summed E-state index contributed by atoms with van der Waals surface area (Å²) in [5.41, 5.74) is 4.34. The first kappa shape index (κ1) is 20.6. The first-order chi connectivity index (χ1) is 15.0. The Kier molecular flexibility index (Phi) is 5.70. The third-order valence-corrected chi connectivity index (χ3v) is 5.25. The highest BCUT2D eigenvalue weighted by atomic mass is 35.5. The molecule has 0 unspecified atom stereocenters. The largest absolute Gasteiger partial charge is 0.294 e. The molecule has 0 bridgehead atoms. The van der Waals surface area contributed by atoms with Crippen molar-refractivity contribution in [1.29, 1.82) is 0 Å². The van der Waals surface area contributed by atoms with Crippen molar-refractivity contribution in [1.82, 2.24) is 4.57 Å². The van der Waals surface area contributed by atoms with Gasteiger partial charge in [0, 0.05) is 27.6 Å². The number of hydrazone groups is 1. The standard InChI is InChI=1S/C22H14Cl2N4O3/c23-15-11-9-14(10-12-15)22(29)27-19-7-3-1-5-16(19)17(21(27)24)13-25-26-18-6-2-4-8-20(18)28(30)31/h1-13,26H. The molecule has 0 atom stereocenters. The van der Waals surface area contributed by atoms with Crippen LogP contribution in [0.4, 0.5) is 11.4 Å². The zero-order valence-electron chi connectivity index (χ0n) is 15.8. The lowest BCUT2D eigenvalue weighted by Gasteiger charge is -2.06. The molecule has 0 saturated heterocycles. The maximum absolute atomic E-state index is 13.1. The van der Waals surface area contributed by atoms with Crippen LogP contribution in [0.3, 0.4) is 0 Å². The molecule has 3 aromatic carbocycles. The monoisotopic (exact) mass is 452 g/mol. The Bertz CT molecular complexity index is 1330. The average Bonchev–Trinajstić information content (AvgIpc) is 3.05. The third kappa shape index (κ3) is 4.01. The molecular formula is C22H14Cl2N4O3. The molecule has 1 N–H and O–H groups in total. The molecule has 0 saturated carbocycles. The molecule has 0 amide bonds. The minimum Gasteiger partial charge on any atom is -0.272 e. The number of para-hydroxylation sites is 3. The van der Waals surface area contributed by atoms with Crippen molar-refractivity contribution in [3.8, 4) is 0 Å². The summed E-state index contributed by atoms with van der Waals surface area (Å²) in [6.07, 6.45) is 1.44. The van der Waals surface area contributed by atoms with E-state index in [1.807, 2.05) is 12.1 Å². The first-order valence-electron chi connectivity index (χ1n) is 9.09. The lowest BCUT2D eigenvalue weighted by atomic mass is 10.2. The minimum absolute atomic E-state index is 0.105. The maximum atomic E-state index is 13.1. The number of benzene rings is 3. The summed E-state index contributed by atoms with van der Waals surface area (Å²) in [6, 6.07) is 19.9. The summed E-state index contributed by atoms with van der Waals surface area (Å²) in [5, 5.41) is 16.7. The zero-order valence-corrected chi connectivity index (χ0v) is 17.3. The van der Waals surface area contributed by atoms with Crippen LogP contribution in [0.5, 0.6) is 0 Å². The van der Waals surface area contributed by atoms with Crippen molar-refractivity contribution in [2.75, 3.05) is 5.43 Å². The molecule has 1 aromatic heterocycles. The summed E-state index contributed by atoms with van der Waals surface area (Å²) in [5.74, 6) is -0.316. The van der Waals surface area contributed by atoms with Gasteiger partial charge < -0.3 is 0 Å². The predicted octanol–water partition coefficient (Wildman–Crippen LogP) is 5.99. The number of carbonyl (C=O) groups excluding carboxylic acids is 1. The van der Waals surface area contributed by atoms with E-state index in [-0.39, 0.29) is 22.4 Å². The summed E-state index contributed by atoms with van der Waals surface area (Å²) in [7, 11) is 0. The number of nitro groups is 1. The second-order valence-electron chi connectivity index (χ2n) is 6.51. The molecule has 0 spiro atoms. The van der Waals surface area contributed by atoms with Crippen LogP contribution in [0.25, 0.3) is 10.9 Å².